The molecule has 0 bridgehead atoms. The Morgan fingerprint density at radius 1 is 0.324 bits per heavy atom. The fourth-order valence-electron chi connectivity index (χ4n) is 12.0. The highest BCUT2D eigenvalue weighted by Crippen LogP contribution is 2.63. The zero-order valence-corrected chi connectivity index (χ0v) is 36.8. The van der Waals surface area contributed by atoms with E-state index in [1.165, 1.54) is 66.4 Å². The van der Waals surface area contributed by atoms with Crippen LogP contribution in [0.5, 0.6) is 0 Å². The number of hydrogen-bond acceptors (Lipinski definition) is 3. The molecule has 15 rings (SSSR count). The van der Waals surface area contributed by atoms with Gasteiger partial charge in [0.1, 0.15) is 22.3 Å². The van der Waals surface area contributed by atoms with Crippen LogP contribution in [-0.2, 0) is 5.41 Å². The Balaban J connectivity index is 0.983. The van der Waals surface area contributed by atoms with Crippen molar-refractivity contribution >= 4 is 71.7 Å². The lowest BCUT2D eigenvalue weighted by Crippen LogP contribution is -2.25. The molecule has 0 N–H and O–H groups in total. The van der Waals surface area contributed by atoms with Crippen LogP contribution < -0.4 is 4.90 Å². The van der Waals surface area contributed by atoms with Gasteiger partial charge in [-0.2, -0.15) is 0 Å². The van der Waals surface area contributed by atoms with Crippen LogP contribution in [0.15, 0.2) is 245 Å². The van der Waals surface area contributed by atoms with E-state index in [4.69, 9.17) is 8.83 Å². The molecule has 2 aliphatic rings. The monoisotopic (exact) mass is 865 g/mol. The molecule has 2 aromatic heterocycles. The van der Waals surface area contributed by atoms with Crippen molar-refractivity contribution in [1.29, 1.82) is 0 Å². The van der Waals surface area contributed by atoms with E-state index in [9.17, 15) is 0 Å². The summed E-state index contributed by atoms with van der Waals surface area (Å²) < 4.78 is 14.0. The van der Waals surface area contributed by atoms with Gasteiger partial charge in [-0.1, -0.05) is 182 Å². The van der Waals surface area contributed by atoms with Crippen LogP contribution in [0, 0.1) is 0 Å². The molecule has 0 radical (unpaired) electrons. The van der Waals surface area contributed by atoms with Gasteiger partial charge < -0.3 is 13.7 Å². The molecule has 11 aromatic carbocycles. The summed E-state index contributed by atoms with van der Waals surface area (Å²) in [6.45, 7) is 0. The van der Waals surface area contributed by atoms with Crippen molar-refractivity contribution in [2.45, 2.75) is 5.41 Å². The van der Waals surface area contributed by atoms with Gasteiger partial charge >= 0.3 is 0 Å². The SMILES string of the molecule is c1ccc(-c2ccc(N(c3ccc4oc5c(-c6ccc7c(c6)C6(c8ccccc8-c8ccccc86)c6ccccc6-7)c6c(cc5c4c3)oc3ccccc36)c3cccc4ccccc34)cc2)cc1. The second-order valence-electron chi connectivity index (χ2n) is 18.3. The lowest BCUT2D eigenvalue weighted by Gasteiger charge is -2.30. The van der Waals surface area contributed by atoms with Gasteiger partial charge in [-0.25, -0.2) is 0 Å². The average molecular weight is 866 g/mol. The summed E-state index contributed by atoms with van der Waals surface area (Å²) in [5.74, 6) is 0. The third-order valence-electron chi connectivity index (χ3n) is 14.9. The Morgan fingerprint density at radius 3 is 1.65 bits per heavy atom. The van der Waals surface area contributed by atoms with E-state index in [-0.39, 0.29) is 0 Å². The minimum atomic E-state index is -0.478. The Kier molecular flexibility index (Phi) is 7.71. The first kappa shape index (κ1) is 37.3. The van der Waals surface area contributed by atoms with E-state index < -0.39 is 5.41 Å². The highest BCUT2D eigenvalue weighted by molar-refractivity contribution is 6.24. The molecule has 0 fully saturated rings. The summed E-state index contributed by atoms with van der Waals surface area (Å²) in [6.07, 6.45) is 0. The maximum Gasteiger partial charge on any atom is 0.144 e. The van der Waals surface area contributed by atoms with Gasteiger partial charge in [0.2, 0.25) is 0 Å². The van der Waals surface area contributed by atoms with E-state index in [0.29, 0.717) is 0 Å². The number of hydrogen-bond donors (Lipinski definition) is 0. The van der Waals surface area contributed by atoms with Crippen LogP contribution >= 0.6 is 0 Å². The molecule has 3 nitrogen and oxygen atoms in total. The molecule has 0 amide bonds. The zero-order chi connectivity index (χ0) is 44.5. The fourth-order valence-corrected chi connectivity index (χ4v) is 12.0. The lowest BCUT2D eigenvalue weighted by atomic mass is 9.70. The van der Waals surface area contributed by atoms with Gasteiger partial charge in [0.25, 0.3) is 0 Å². The smallest absolute Gasteiger partial charge is 0.144 e. The van der Waals surface area contributed by atoms with Crippen LogP contribution in [0.2, 0.25) is 0 Å². The van der Waals surface area contributed by atoms with Crippen LogP contribution in [-0.4, -0.2) is 0 Å². The first-order valence-corrected chi connectivity index (χ1v) is 23.4. The first-order chi connectivity index (χ1) is 33.7. The maximum atomic E-state index is 7.20. The van der Waals surface area contributed by atoms with Crippen LogP contribution in [0.4, 0.5) is 17.1 Å². The average Bonchev–Trinajstić information content (AvgIpc) is 4.13. The highest BCUT2D eigenvalue weighted by Gasteiger charge is 2.51. The Labute approximate surface area is 392 Å². The van der Waals surface area contributed by atoms with E-state index in [0.717, 1.165) is 72.1 Å². The molecular weight excluding hydrogens is 827 g/mol. The van der Waals surface area contributed by atoms with Gasteiger partial charge in [0, 0.05) is 43.9 Å². The summed E-state index contributed by atoms with van der Waals surface area (Å²) >= 11 is 0. The van der Waals surface area contributed by atoms with Crippen molar-refractivity contribution in [3.05, 3.63) is 259 Å². The summed E-state index contributed by atoms with van der Waals surface area (Å²) in [5.41, 5.74) is 20.9. The number of rotatable bonds is 5. The molecule has 0 unspecified atom stereocenters. The molecule has 68 heavy (non-hydrogen) atoms. The van der Waals surface area contributed by atoms with Crippen molar-refractivity contribution in [2.24, 2.45) is 0 Å². The Morgan fingerprint density at radius 2 is 0.897 bits per heavy atom. The molecule has 1 spiro atoms. The van der Waals surface area contributed by atoms with Crippen molar-refractivity contribution in [3.8, 4) is 44.5 Å². The number of nitrogens with zero attached hydrogens (tertiary/aromatic N) is 1. The number of furan rings is 2. The van der Waals surface area contributed by atoms with E-state index in [1.807, 2.05) is 0 Å². The third kappa shape index (κ3) is 5.07. The van der Waals surface area contributed by atoms with Gasteiger partial charge in [-0.05, 0) is 121 Å². The fraction of sp³-hybridized carbons (Fsp3) is 0.0154. The van der Waals surface area contributed by atoms with E-state index >= 15 is 0 Å². The summed E-state index contributed by atoms with van der Waals surface area (Å²) in [6, 6.07) is 86.0. The lowest BCUT2D eigenvalue weighted by molar-refractivity contribution is 0.664. The number of para-hydroxylation sites is 1. The second kappa shape index (κ2) is 14.0. The molecular formula is C65H39NO2. The van der Waals surface area contributed by atoms with Crippen LogP contribution in [0.3, 0.4) is 0 Å². The second-order valence-corrected chi connectivity index (χ2v) is 18.3. The largest absolute Gasteiger partial charge is 0.456 e. The maximum absolute atomic E-state index is 7.20. The van der Waals surface area contributed by atoms with Gasteiger partial charge in [0.05, 0.1) is 11.1 Å². The molecule has 2 heterocycles. The Hall–Kier alpha value is -8.92. The number of anilines is 3. The van der Waals surface area contributed by atoms with Gasteiger partial charge in [-0.15, -0.1) is 0 Å². The molecule has 3 heteroatoms. The zero-order valence-electron chi connectivity index (χ0n) is 36.8. The van der Waals surface area contributed by atoms with Crippen molar-refractivity contribution in [1.82, 2.24) is 0 Å². The molecule has 0 aliphatic heterocycles. The van der Waals surface area contributed by atoms with Crippen LogP contribution in [0.1, 0.15) is 22.3 Å². The highest BCUT2D eigenvalue weighted by atomic mass is 16.3. The standard InChI is InChI=1S/C65H39NO2/c1-2-15-40(16-3-1)41-29-32-44(33-30-41)66(58-27-14-18-42-17-4-5-19-46(42)58)45-34-36-60-52(38-45)53-39-61-63(51-23-9-13-28-59(51)67-61)62(64(53)68-60)43-31-35-50-49-22-8-12-26-56(49)65(57(50)37-43)54-24-10-6-20-47(54)48-21-7-11-25-55(48)65/h1-39H. The molecule has 0 saturated heterocycles. The predicted octanol–water partition coefficient (Wildman–Crippen LogP) is 17.8. The minimum Gasteiger partial charge on any atom is -0.456 e. The minimum absolute atomic E-state index is 0.478. The predicted molar refractivity (Wildman–Crippen MR) is 280 cm³/mol. The normalized spacial score (nSPS) is 13.1. The molecule has 13 aromatic rings. The van der Waals surface area contributed by atoms with Crippen molar-refractivity contribution < 1.29 is 8.83 Å². The summed E-state index contributed by atoms with van der Waals surface area (Å²) in [7, 11) is 0. The Bertz CT molecular complexity index is 4140. The molecule has 2 aliphatic carbocycles. The van der Waals surface area contributed by atoms with Crippen LogP contribution in [0.25, 0.3) is 99.2 Å². The quantitative estimate of drug-likeness (QED) is 0.173. The van der Waals surface area contributed by atoms with E-state index in [1.54, 1.807) is 0 Å². The topological polar surface area (TPSA) is 29.5 Å². The van der Waals surface area contributed by atoms with Gasteiger partial charge in [0.15, 0.2) is 0 Å². The number of fused-ring (bicyclic) bond motifs is 17. The van der Waals surface area contributed by atoms with Crippen molar-refractivity contribution in [2.75, 3.05) is 4.90 Å². The third-order valence-corrected chi connectivity index (χ3v) is 14.9. The number of benzene rings is 11. The molecule has 0 saturated carbocycles. The van der Waals surface area contributed by atoms with Gasteiger partial charge in [-0.3, -0.25) is 0 Å². The van der Waals surface area contributed by atoms with Crippen molar-refractivity contribution in [3.63, 3.8) is 0 Å². The molecule has 0 atom stereocenters. The first-order valence-electron chi connectivity index (χ1n) is 23.4. The molecule has 316 valence electrons. The van der Waals surface area contributed by atoms with E-state index in [2.05, 4.69) is 241 Å². The summed E-state index contributed by atoms with van der Waals surface area (Å²) in [5, 5.41) is 6.52. The summed E-state index contributed by atoms with van der Waals surface area (Å²) in [4.78, 5) is 2.38.